The van der Waals surface area contributed by atoms with Crippen molar-refractivity contribution in [3.63, 3.8) is 0 Å². The molecule has 0 bridgehead atoms. The number of rotatable bonds is 9. The third-order valence-electron chi connectivity index (χ3n) is 3.96. The van der Waals surface area contributed by atoms with Crippen LogP contribution in [-0.2, 0) is 9.53 Å². The van der Waals surface area contributed by atoms with Gasteiger partial charge in [-0.25, -0.2) is 4.79 Å². The molecule has 0 atom stereocenters. The third kappa shape index (κ3) is 6.26. The number of aromatic hydroxyl groups is 1. The Morgan fingerprint density at radius 3 is 2.37 bits per heavy atom. The van der Waals surface area contributed by atoms with Gasteiger partial charge in [-0.3, -0.25) is 9.59 Å². The van der Waals surface area contributed by atoms with E-state index >= 15 is 0 Å². The molecule has 1 amide bonds. The summed E-state index contributed by atoms with van der Waals surface area (Å²) in [5, 5.41) is 12.4. The molecule has 0 fully saturated rings. The van der Waals surface area contributed by atoms with Gasteiger partial charge in [0.2, 0.25) is 5.91 Å². The van der Waals surface area contributed by atoms with Crippen LogP contribution in [0.2, 0.25) is 0 Å². The molecule has 0 radical (unpaired) electrons. The fraction of sp³-hybridized carbons (Fsp3) is 0.286. The minimum absolute atomic E-state index is 0.00596. The lowest BCUT2D eigenvalue weighted by atomic mass is 10.1. The molecule has 0 aliphatic carbocycles. The predicted molar refractivity (Wildman–Crippen MR) is 102 cm³/mol. The first-order chi connectivity index (χ1) is 13.0. The molecule has 6 heteroatoms. The number of Topliss-reactive ketones (excluding diaryl/α,β-unsaturated/α-hetero) is 1. The largest absolute Gasteiger partial charge is 0.507 e. The van der Waals surface area contributed by atoms with Crippen molar-refractivity contribution in [1.82, 2.24) is 0 Å². The Labute approximate surface area is 158 Å². The fourth-order valence-electron chi connectivity index (χ4n) is 2.44. The zero-order valence-corrected chi connectivity index (χ0v) is 15.2. The number of ketones is 1. The van der Waals surface area contributed by atoms with Crippen molar-refractivity contribution in [3.8, 4) is 5.75 Å². The molecule has 0 aliphatic rings. The molecule has 0 saturated heterocycles. The quantitative estimate of drug-likeness (QED) is 0.397. The number of benzene rings is 2. The molecule has 0 aliphatic heterocycles. The van der Waals surface area contributed by atoms with E-state index in [2.05, 4.69) is 12.2 Å². The van der Waals surface area contributed by atoms with Crippen LogP contribution in [-0.4, -0.2) is 29.4 Å². The first-order valence-corrected chi connectivity index (χ1v) is 8.89. The lowest BCUT2D eigenvalue weighted by molar-refractivity contribution is -0.116. The molecule has 0 heterocycles. The Kier molecular flexibility index (Phi) is 7.55. The Hall–Kier alpha value is -3.15. The second-order valence-electron chi connectivity index (χ2n) is 6.10. The molecule has 2 N–H and O–H groups in total. The molecule has 0 spiro atoms. The molecule has 142 valence electrons. The normalized spacial score (nSPS) is 10.3. The molecular weight excluding hydrogens is 346 g/mol. The predicted octanol–water partition coefficient (Wildman–Crippen LogP) is 3.95. The van der Waals surface area contributed by atoms with E-state index in [1.807, 2.05) is 0 Å². The van der Waals surface area contributed by atoms with Gasteiger partial charge in [0.1, 0.15) is 11.3 Å². The van der Waals surface area contributed by atoms with E-state index in [1.54, 1.807) is 36.4 Å². The molecule has 2 rings (SSSR count). The number of para-hydroxylation sites is 1. The van der Waals surface area contributed by atoms with E-state index in [0.717, 1.165) is 19.3 Å². The third-order valence-corrected chi connectivity index (χ3v) is 3.96. The fourth-order valence-corrected chi connectivity index (χ4v) is 2.44. The van der Waals surface area contributed by atoms with Crippen molar-refractivity contribution >= 4 is 23.3 Å². The van der Waals surface area contributed by atoms with Crippen molar-refractivity contribution in [2.45, 2.75) is 32.6 Å². The van der Waals surface area contributed by atoms with Gasteiger partial charge in [-0.05, 0) is 42.8 Å². The van der Waals surface area contributed by atoms with Gasteiger partial charge >= 0.3 is 5.97 Å². The highest BCUT2D eigenvalue weighted by Crippen LogP contribution is 2.17. The number of hydrogen-bond donors (Lipinski definition) is 2. The van der Waals surface area contributed by atoms with Gasteiger partial charge in [-0.15, -0.1) is 0 Å². The van der Waals surface area contributed by atoms with Crippen LogP contribution < -0.4 is 5.32 Å². The number of esters is 1. The Morgan fingerprint density at radius 2 is 1.70 bits per heavy atom. The molecular formula is C21H23NO5. The highest BCUT2D eigenvalue weighted by atomic mass is 16.5. The number of unbranched alkanes of at least 4 members (excludes halogenated alkanes) is 2. The summed E-state index contributed by atoms with van der Waals surface area (Å²) in [5.74, 6) is -1.40. The summed E-state index contributed by atoms with van der Waals surface area (Å²) in [7, 11) is 0. The summed E-state index contributed by atoms with van der Waals surface area (Å²) >= 11 is 0. The topological polar surface area (TPSA) is 92.7 Å². The van der Waals surface area contributed by atoms with Gasteiger partial charge in [-0.1, -0.05) is 31.9 Å². The van der Waals surface area contributed by atoms with E-state index in [1.165, 1.54) is 12.1 Å². The number of nitrogens with one attached hydrogen (secondary N) is 1. The van der Waals surface area contributed by atoms with Crippen LogP contribution in [0.1, 0.15) is 53.3 Å². The Balaban J connectivity index is 1.85. The summed E-state index contributed by atoms with van der Waals surface area (Å²) in [6, 6.07) is 12.4. The summed E-state index contributed by atoms with van der Waals surface area (Å²) in [4.78, 5) is 35.8. The zero-order valence-electron chi connectivity index (χ0n) is 15.2. The number of hydrogen-bond acceptors (Lipinski definition) is 5. The summed E-state index contributed by atoms with van der Waals surface area (Å²) in [6.07, 6.45) is 3.39. The van der Waals surface area contributed by atoms with Crippen molar-refractivity contribution in [1.29, 1.82) is 0 Å². The lowest BCUT2D eigenvalue weighted by Crippen LogP contribution is -2.15. The van der Waals surface area contributed by atoms with Crippen LogP contribution in [0, 0.1) is 0 Å². The maximum Gasteiger partial charge on any atom is 0.342 e. The van der Waals surface area contributed by atoms with Crippen LogP contribution in [0.25, 0.3) is 0 Å². The maximum atomic E-state index is 12.1. The number of amides is 1. The number of carbonyl (C=O) groups excluding carboxylic acids is 3. The van der Waals surface area contributed by atoms with Crippen LogP contribution in [0.3, 0.4) is 0 Å². The second-order valence-corrected chi connectivity index (χ2v) is 6.10. The van der Waals surface area contributed by atoms with Crippen LogP contribution >= 0.6 is 0 Å². The van der Waals surface area contributed by atoms with Gasteiger partial charge in [-0.2, -0.15) is 0 Å². The molecule has 0 unspecified atom stereocenters. The van der Waals surface area contributed by atoms with Gasteiger partial charge in [0, 0.05) is 17.7 Å². The number of phenolic OH excluding ortho intramolecular Hbond substituents is 1. The number of anilines is 1. The average Bonchev–Trinajstić information content (AvgIpc) is 2.67. The first-order valence-electron chi connectivity index (χ1n) is 8.89. The van der Waals surface area contributed by atoms with Crippen LogP contribution in [0.4, 0.5) is 5.69 Å². The molecule has 0 aromatic heterocycles. The maximum absolute atomic E-state index is 12.1. The van der Waals surface area contributed by atoms with E-state index in [4.69, 9.17) is 4.74 Å². The lowest BCUT2D eigenvalue weighted by Gasteiger charge is -2.07. The molecule has 2 aromatic rings. The molecule has 6 nitrogen and oxygen atoms in total. The van der Waals surface area contributed by atoms with Crippen LogP contribution in [0.15, 0.2) is 48.5 Å². The molecule has 27 heavy (non-hydrogen) atoms. The Morgan fingerprint density at radius 1 is 1.00 bits per heavy atom. The second kappa shape index (κ2) is 10.1. The number of carbonyl (C=O) groups is 3. The van der Waals surface area contributed by atoms with E-state index in [-0.39, 0.29) is 23.0 Å². The SMILES string of the molecule is CCCCCC(=O)Nc1ccc(C(=O)COC(=O)c2ccccc2O)cc1. The zero-order chi connectivity index (χ0) is 19.6. The van der Waals surface area contributed by atoms with Crippen LogP contribution in [0.5, 0.6) is 5.75 Å². The highest BCUT2D eigenvalue weighted by molar-refractivity contribution is 6.00. The number of phenols is 1. The minimum atomic E-state index is -0.766. The van der Waals surface area contributed by atoms with Gasteiger partial charge in [0.05, 0.1) is 0 Å². The number of ether oxygens (including phenoxy) is 1. The summed E-state index contributed by atoms with van der Waals surface area (Å²) in [5.41, 5.74) is 0.981. The van der Waals surface area contributed by atoms with E-state index in [0.29, 0.717) is 17.7 Å². The van der Waals surface area contributed by atoms with Crippen molar-refractivity contribution in [3.05, 3.63) is 59.7 Å². The monoisotopic (exact) mass is 369 g/mol. The average molecular weight is 369 g/mol. The summed E-state index contributed by atoms with van der Waals surface area (Å²) in [6.45, 7) is 1.64. The highest BCUT2D eigenvalue weighted by Gasteiger charge is 2.14. The van der Waals surface area contributed by atoms with E-state index in [9.17, 15) is 19.5 Å². The first kappa shape index (κ1) is 20.2. The van der Waals surface area contributed by atoms with Gasteiger partial charge < -0.3 is 15.2 Å². The minimum Gasteiger partial charge on any atom is -0.507 e. The van der Waals surface area contributed by atoms with Gasteiger partial charge in [0.25, 0.3) is 0 Å². The summed E-state index contributed by atoms with van der Waals surface area (Å²) < 4.78 is 4.96. The van der Waals surface area contributed by atoms with Gasteiger partial charge in [0.15, 0.2) is 12.4 Å². The smallest absolute Gasteiger partial charge is 0.342 e. The standard InChI is InChI=1S/C21H23NO5/c1-2-3-4-9-20(25)22-16-12-10-15(11-13-16)19(24)14-27-21(26)17-7-5-6-8-18(17)23/h5-8,10-13,23H,2-4,9,14H2,1H3,(H,22,25). The van der Waals surface area contributed by atoms with Crippen molar-refractivity contribution in [2.75, 3.05) is 11.9 Å². The molecule has 0 saturated carbocycles. The Bertz CT molecular complexity index is 798. The van der Waals surface area contributed by atoms with E-state index < -0.39 is 12.6 Å². The van der Waals surface area contributed by atoms with Crippen molar-refractivity contribution < 1.29 is 24.2 Å². The molecule has 2 aromatic carbocycles. The van der Waals surface area contributed by atoms with Crippen molar-refractivity contribution in [2.24, 2.45) is 0 Å².